The molecule has 92 valence electrons. The second kappa shape index (κ2) is 5.14. The lowest BCUT2D eigenvalue weighted by Gasteiger charge is -2.35. The molecule has 1 heterocycles. The number of fused-ring (bicyclic) bond motifs is 1. The van der Waals surface area contributed by atoms with Crippen LogP contribution in [0.3, 0.4) is 0 Å². The Labute approximate surface area is 120 Å². The van der Waals surface area contributed by atoms with E-state index in [2.05, 4.69) is 11.0 Å². The molecule has 1 aromatic carbocycles. The zero-order valence-corrected chi connectivity index (χ0v) is 12.9. The third kappa shape index (κ3) is 2.60. The summed E-state index contributed by atoms with van der Waals surface area (Å²) in [6.45, 7) is 4.92. The first-order valence-corrected chi connectivity index (χ1v) is 7.21. The maximum Gasteiger partial charge on any atom is 0.214 e. The number of nitrogens with zero attached hydrogens (tertiary/aromatic N) is 1. The Hall–Kier alpha value is -0.290. The van der Waals surface area contributed by atoms with E-state index in [-0.39, 0.29) is 9.83 Å². The van der Waals surface area contributed by atoms with Crippen molar-refractivity contribution in [2.75, 3.05) is 11.4 Å². The first-order valence-electron chi connectivity index (χ1n) is 5.75. The van der Waals surface area contributed by atoms with Crippen molar-refractivity contribution in [2.24, 2.45) is 0 Å². The monoisotopic (exact) mass is 363 g/mol. The second-order valence-electron chi connectivity index (χ2n) is 4.51. The van der Waals surface area contributed by atoms with Gasteiger partial charge < -0.3 is 4.90 Å². The molecule has 1 aliphatic rings. The van der Waals surface area contributed by atoms with Gasteiger partial charge in [-0.2, -0.15) is 0 Å². The lowest BCUT2D eigenvalue weighted by molar-refractivity contribution is -0.110. The standard InChI is InChI=1S/C13H15ClINO/c1-8-6-12-10(7-11(8)14)4-3-5-16(12)9(2)13(15)17/h6-7,9H,3-5H2,1-2H3. The first kappa shape index (κ1) is 13.1. The molecule has 0 saturated heterocycles. The highest BCUT2D eigenvalue weighted by atomic mass is 127. The molecule has 0 aliphatic carbocycles. The lowest BCUT2D eigenvalue weighted by atomic mass is 9.98. The van der Waals surface area contributed by atoms with Crippen LogP contribution in [-0.2, 0) is 11.2 Å². The average Bonchev–Trinajstić information content (AvgIpc) is 2.29. The Bertz CT molecular complexity index is 461. The molecule has 0 radical (unpaired) electrons. The molecule has 0 aromatic heterocycles. The van der Waals surface area contributed by atoms with Gasteiger partial charge in [-0.15, -0.1) is 0 Å². The Morgan fingerprint density at radius 3 is 2.88 bits per heavy atom. The van der Waals surface area contributed by atoms with Crippen LogP contribution >= 0.6 is 34.2 Å². The van der Waals surface area contributed by atoms with Crippen molar-refractivity contribution in [3.05, 3.63) is 28.3 Å². The molecule has 0 amide bonds. The van der Waals surface area contributed by atoms with Crippen LogP contribution in [0.4, 0.5) is 5.69 Å². The minimum atomic E-state index is -0.0600. The minimum Gasteiger partial charge on any atom is -0.361 e. The van der Waals surface area contributed by atoms with Crippen LogP contribution in [0.25, 0.3) is 0 Å². The number of hydrogen-bond acceptors (Lipinski definition) is 2. The molecule has 1 aliphatic heterocycles. The van der Waals surface area contributed by atoms with Crippen molar-refractivity contribution < 1.29 is 4.79 Å². The van der Waals surface area contributed by atoms with Gasteiger partial charge in [-0.3, -0.25) is 4.79 Å². The van der Waals surface area contributed by atoms with E-state index < -0.39 is 0 Å². The Morgan fingerprint density at radius 2 is 2.24 bits per heavy atom. The number of carbonyl (C=O) groups is 1. The summed E-state index contributed by atoms with van der Waals surface area (Å²) in [7, 11) is 0. The highest BCUT2D eigenvalue weighted by Crippen LogP contribution is 2.33. The minimum absolute atomic E-state index is 0.0600. The van der Waals surface area contributed by atoms with Crippen LogP contribution in [0, 0.1) is 6.92 Å². The van der Waals surface area contributed by atoms with Crippen LogP contribution in [0.15, 0.2) is 12.1 Å². The normalized spacial score (nSPS) is 16.6. The maximum absolute atomic E-state index is 11.5. The second-order valence-corrected chi connectivity index (χ2v) is 5.98. The van der Waals surface area contributed by atoms with E-state index in [9.17, 15) is 4.79 Å². The summed E-state index contributed by atoms with van der Waals surface area (Å²) in [5.41, 5.74) is 3.51. The molecular weight excluding hydrogens is 349 g/mol. The molecule has 0 spiro atoms. The van der Waals surface area contributed by atoms with E-state index >= 15 is 0 Å². The molecule has 1 unspecified atom stereocenters. The van der Waals surface area contributed by atoms with Gasteiger partial charge in [0.25, 0.3) is 0 Å². The maximum atomic E-state index is 11.5. The first-order chi connectivity index (χ1) is 8.00. The predicted molar refractivity (Wildman–Crippen MR) is 80.3 cm³/mol. The number of benzene rings is 1. The number of aryl methyl sites for hydroxylation is 2. The van der Waals surface area contributed by atoms with Gasteiger partial charge in [0, 0.05) is 39.8 Å². The van der Waals surface area contributed by atoms with E-state index in [1.54, 1.807) is 0 Å². The molecule has 0 saturated carbocycles. The van der Waals surface area contributed by atoms with E-state index in [0.717, 1.165) is 30.0 Å². The zero-order valence-electron chi connectivity index (χ0n) is 9.96. The summed E-state index contributed by atoms with van der Waals surface area (Å²) in [5.74, 6) is 0. The lowest BCUT2D eigenvalue weighted by Crippen LogP contribution is -2.40. The third-order valence-corrected chi connectivity index (χ3v) is 4.62. The van der Waals surface area contributed by atoms with Crippen molar-refractivity contribution in [1.82, 2.24) is 0 Å². The highest BCUT2D eigenvalue weighted by Gasteiger charge is 2.25. The van der Waals surface area contributed by atoms with Gasteiger partial charge >= 0.3 is 0 Å². The van der Waals surface area contributed by atoms with E-state index in [1.165, 1.54) is 11.3 Å². The molecule has 2 nitrogen and oxygen atoms in total. The van der Waals surface area contributed by atoms with E-state index in [0.29, 0.717) is 0 Å². The fourth-order valence-corrected chi connectivity index (χ4v) is 2.78. The molecule has 2 rings (SSSR count). The van der Waals surface area contributed by atoms with Crippen molar-refractivity contribution in [2.45, 2.75) is 32.7 Å². The SMILES string of the molecule is Cc1cc2c(cc1Cl)CCCN2C(C)C(=O)I. The van der Waals surface area contributed by atoms with Gasteiger partial charge in [0.2, 0.25) is 3.79 Å². The molecule has 0 fully saturated rings. The molecule has 17 heavy (non-hydrogen) atoms. The smallest absolute Gasteiger partial charge is 0.214 e. The largest absolute Gasteiger partial charge is 0.361 e. The highest BCUT2D eigenvalue weighted by molar-refractivity contribution is 14.1. The summed E-state index contributed by atoms with van der Waals surface area (Å²) in [6.07, 6.45) is 2.13. The number of halogens is 2. The predicted octanol–water partition coefficient (Wildman–Crippen LogP) is 3.75. The number of rotatable bonds is 2. The number of carbonyl (C=O) groups excluding carboxylic acids is 1. The van der Waals surface area contributed by atoms with E-state index in [4.69, 9.17) is 11.6 Å². The molecular formula is C13H15ClINO. The van der Waals surface area contributed by atoms with Crippen LogP contribution in [-0.4, -0.2) is 16.4 Å². The average molecular weight is 364 g/mol. The summed E-state index contributed by atoms with van der Waals surface area (Å²) >= 11 is 8.03. The fourth-order valence-electron chi connectivity index (χ4n) is 2.26. The van der Waals surface area contributed by atoms with Crippen molar-refractivity contribution in [3.63, 3.8) is 0 Å². The van der Waals surface area contributed by atoms with Gasteiger partial charge in [0.1, 0.15) is 0 Å². The van der Waals surface area contributed by atoms with Gasteiger partial charge in [0.15, 0.2) is 0 Å². The molecule has 1 aromatic rings. The quantitative estimate of drug-likeness (QED) is 0.589. The summed E-state index contributed by atoms with van der Waals surface area (Å²) in [4.78, 5) is 13.7. The molecule has 0 N–H and O–H groups in total. The van der Waals surface area contributed by atoms with Crippen LogP contribution in [0.1, 0.15) is 24.5 Å². The molecule has 1 atom stereocenters. The van der Waals surface area contributed by atoms with Crippen molar-refractivity contribution in [1.29, 1.82) is 0 Å². The summed E-state index contributed by atoms with van der Waals surface area (Å²) in [6, 6.07) is 4.09. The third-order valence-electron chi connectivity index (χ3n) is 3.31. The van der Waals surface area contributed by atoms with Crippen LogP contribution in [0.5, 0.6) is 0 Å². The van der Waals surface area contributed by atoms with Gasteiger partial charge in [0.05, 0.1) is 6.04 Å². The van der Waals surface area contributed by atoms with Gasteiger partial charge in [-0.1, -0.05) is 11.6 Å². The number of hydrogen-bond donors (Lipinski definition) is 0. The van der Waals surface area contributed by atoms with E-state index in [1.807, 2.05) is 42.5 Å². The van der Waals surface area contributed by atoms with Gasteiger partial charge in [-0.25, -0.2) is 0 Å². The van der Waals surface area contributed by atoms with Crippen molar-refractivity contribution >= 4 is 43.7 Å². The Morgan fingerprint density at radius 1 is 1.53 bits per heavy atom. The summed E-state index contributed by atoms with van der Waals surface area (Å²) < 4.78 is 0.183. The molecule has 4 heteroatoms. The van der Waals surface area contributed by atoms with Crippen LogP contribution in [0.2, 0.25) is 5.02 Å². The molecule has 0 bridgehead atoms. The fraction of sp³-hybridized carbons (Fsp3) is 0.462. The van der Waals surface area contributed by atoms with Crippen LogP contribution < -0.4 is 4.90 Å². The zero-order chi connectivity index (χ0) is 12.6. The number of anilines is 1. The Kier molecular flexibility index (Phi) is 3.98. The van der Waals surface area contributed by atoms with Gasteiger partial charge in [-0.05, 0) is 49.9 Å². The van der Waals surface area contributed by atoms with Crippen molar-refractivity contribution in [3.8, 4) is 0 Å². The summed E-state index contributed by atoms with van der Waals surface area (Å²) in [5, 5.41) is 0.819. The topological polar surface area (TPSA) is 20.3 Å². The Balaban J connectivity index is 2.43.